The van der Waals surface area contributed by atoms with Crippen LogP contribution in [-0.4, -0.2) is 42.3 Å². The van der Waals surface area contributed by atoms with Crippen LogP contribution in [-0.2, 0) is 20.7 Å². The lowest BCUT2D eigenvalue weighted by Gasteiger charge is -2.22. The van der Waals surface area contributed by atoms with Gasteiger partial charge < -0.3 is 15.4 Å². The van der Waals surface area contributed by atoms with E-state index >= 15 is 0 Å². The molecule has 2 N–H and O–H groups in total. The third-order valence-electron chi connectivity index (χ3n) is 4.80. The van der Waals surface area contributed by atoms with Gasteiger partial charge >= 0.3 is 5.97 Å². The number of aryl methyl sites for hydroxylation is 1. The van der Waals surface area contributed by atoms with Crippen LogP contribution in [0, 0.1) is 11.3 Å². The van der Waals surface area contributed by atoms with E-state index in [9.17, 15) is 9.59 Å². The largest absolute Gasteiger partial charge is 0.469 e. The number of hydrogen-bond donors (Lipinski definition) is 2. The highest BCUT2D eigenvalue weighted by Crippen LogP contribution is 2.58. The van der Waals surface area contributed by atoms with E-state index in [0.717, 1.165) is 37.4 Å². The monoisotopic (exact) mass is 338 g/mol. The second-order valence-corrected chi connectivity index (χ2v) is 7.35. The maximum absolute atomic E-state index is 12.3. The van der Waals surface area contributed by atoms with Crippen molar-refractivity contribution in [2.24, 2.45) is 11.3 Å². The van der Waals surface area contributed by atoms with Gasteiger partial charge in [-0.1, -0.05) is 11.3 Å². The first kappa shape index (κ1) is 16.3. The molecule has 1 saturated heterocycles. The molecule has 8 heteroatoms. The molecule has 7 nitrogen and oxygen atoms in total. The van der Waals surface area contributed by atoms with E-state index in [4.69, 9.17) is 0 Å². The van der Waals surface area contributed by atoms with Gasteiger partial charge in [0.05, 0.1) is 7.11 Å². The molecule has 1 spiro atoms. The molecule has 1 saturated carbocycles. The zero-order valence-corrected chi connectivity index (χ0v) is 14.1. The number of aromatic nitrogens is 2. The molecule has 1 unspecified atom stereocenters. The molecule has 2 fully saturated rings. The van der Waals surface area contributed by atoms with Gasteiger partial charge in [-0.15, -0.1) is 10.2 Å². The normalized spacial score (nSPS) is 21.9. The number of piperidine rings is 1. The van der Waals surface area contributed by atoms with Crippen LogP contribution < -0.4 is 10.6 Å². The Labute approximate surface area is 139 Å². The minimum absolute atomic E-state index is 0.0733. The lowest BCUT2D eigenvalue weighted by molar-refractivity contribution is -0.140. The molecular weight excluding hydrogens is 316 g/mol. The number of carbonyl (C=O) groups is 2. The Balaban J connectivity index is 1.45. The van der Waals surface area contributed by atoms with Crippen LogP contribution in [0.4, 0.5) is 5.13 Å². The van der Waals surface area contributed by atoms with Crippen molar-refractivity contribution in [2.45, 2.75) is 38.5 Å². The third kappa shape index (κ3) is 3.87. The van der Waals surface area contributed by atoms with Gasteiger partial charge in [-0.3, -0.25) is 9.59 Å². The van der Waals surface area contributed by atoms with E-state index < -0.39 is 0 Å². The first-order chi connectivity index (χ1) is 11.1. The van der Waals surface area contributed by atoms with Gasteiger partial charge in [-0.05, 0) is 44.2 Å². The van der Waals surface area contributed by atoms with Crippen LogP contribution in [0.2, 0.25) is 0 Å². The molecule has 0 bridgehead atoms. The first-order valence-electron chi connectivity index (χ1n) is 8.04. The summed E-state index contributed by atoms with van der Waals surface area (Å²) in [5, 5.41) is 15.7. The predicted molar refractivity (Wildman–Crippen MR) is 86.1 cm³/mol. The van der Waals surface area contributed by atoms with Gasteiger partial charge in [-0.25, -0.2) is 0 Å². The molecule has 2 aliphatic rings. The molecule has 126 valence electrons. The molecular formula is C15H22N4O3S. The van der Waals surface area contributed by atoms with E-state index in [-0.39, 0.29) is 23.2 Å². The Morgan fingerprint density at radius 3 is 2.91 bits per heavy atom. The van der Waals surface area contributed by atoms with Crippen molar-refractivity contribution < 1.29 is 14.3 Å². The molecule has 0 radical (unpaired) electrons. The third-order valence-corrected chi connectivity index (χ3v) is 5.70. The van der Waals surface area contributed by atoms with E-state index in [0.29, 0.717) is 24.4 Å². The molecule has 3 rings (SSSR count). The Hall–Kier alpha value is -1.54. The summed E-state index contributed by atoms with van der Waals surface area (Å²) >= 11 is 1.38. The molecule has 23 heavy (non-hydrogen) atoms. The first-order valence-corrected chi connectivity index (χ1v) is 8.85. The maximum Gasteiger partial charge on any atom is 0.305 e. The fourth-order valence-electron chi connectivity index (χ4n) is 3.28. The number of nitrogens with zero attached hydrogens (tertiary/aromatic N) is 2. The van der Waals surface area contributed by atoms with Crippen LogP contribution in [0.3, 0.4) is 0 Å². The minimum atomic E-state index is -0.218. The lowest BCUT2D eigenvalue weighted by Crippen LogP contribution is -2.31. The zero-order chi connectivity index (χ0) is 16.3. The fraction of sp³-hybridized carbons (Fsp3) is 0.733. The van der Waals surface area contributed by atoms with Crippen molar-refractivity contribution >= 4 is 28.3 Å². The number of hydrogen-bond acceptors (Lipinski definition) is 7. The van der Waals surface area contributed by atoms with E-state index in [1.807, 2.05) is 0 Å². The topological polar surface area (TPSA) is 93.2 Å². The van der Waals surface area contributed by atoms with Crippen molar-refractivity contribution in [3.63, 3.8) is 0 Å². The highest BCUT2D eigenvalue weighted by molar-refractivity contribution is 7.15. The highest BCUT2D eigenvalue weighted by atomic mass is 32.1. The van der Waals surface area contributed by atoms with Crippen LogP contribution in [0.5, 0.6) is 0 Å². The lowest BCUT2D eigenvalue weighted by atomic mass is 9.92. The molecule has 1 aromatic rings. The van der Waals surface area contributed by atoms with Gasteiger partial charge in [0.15, 0.2) is 0 Å². The molecule has 0 aromatic carbocycles. The summed E-state index contributed by atoms with van der Waals surface area (Å²) in [5.41, 5.74) is 0.226. The van der Waals surface area contributed by atoms with Crippen molar-refractivity contribution in [3.8, 4) is 0 Å². The smallest absolute Gasteiger partial charge is 0.305 e. The number of nitrogens with one attached hydrogen (secondary N) is 2. The van der Waals surface area contributed by atoms with Gasteiger partial charge in [0.2, 0.25) is 11.0 Å². The molecule has 1 aliphatic carbocycles. The van der Waals surface area contributed by atoms with Crippen molar-refractivity contribution in [1.29, 1.82) is 0 Å². The number of rotatable bonds is 6. The van der Waals surface area contributed by atoms with Crippen LogP contribution in [0.25, 0.3) is 0 Å². The van der Waals surface area contributed by atoms with Gasteiger partial charge in [0.25, 0.3) is 0 Å². The van der Waals surface area contributed by atoms with Crippen molar-refractivity contribution in [3.05, 3.63) is 5.01 Å². The highest BCUT2D eigenvalue weighted by Gasteiger charge is 2.57. The van der Waals surface area contributed by atoms with Crippen LogP contribution in [0.1, 0.15) is 37.1 Å². The molecule has 1 aromatic heterocycles. The standard InChI is InChI=1S/C15H22N4O3S/c1-22-12(20)4-2-3-11-18-19-14(23-11)17-13(21)10-9-15(10)5-7-16-8-6-15/h10,16H,2-9H2,1H3,(H,17,19,21). The number of anilines is 1. The second kappa shape index (κ2) is 6.92. The maximum atomic E-state index is 12.3. The predicted octanol–water partition coefficient (Wildman–Crippen LogP) is 1.36. The zero-order valence-electron chi connectivity index (χ0n) is 13.3. The van der Waals surface area contributed by atoms with Gasteiger partial charge in [-0.2, -0.15) is 0 Å². The Morgan fingerprint density at radius 2 is 2.17 bits per heavy atom. The van der Waals surface area contributed by atoms with E-state index in [2.05, 4.69) is 25.6 Å². The summed E-state index contributed by atoms with van der Waals surface area (Å²) in [6, 6.07) is 0. The van der Waals surface area contributed by atoms with Crippen molar-refractivity contribution in [2.75, 3.05) is 25.5 Å². The summed E-state index contributed by atoms with van der Waals surface area (Å²) in [6.45, 7) is 2.01. The van der Waals surface area contributed by atoms with Crippen LogP contribution >= 0.6 is 11.3 Å². The summed E-state index contributed by atoms with van der Waals surface area (Å²) in [6.07, 6.45) is 4.87. The SMILES string of the molecule is COC(=O)CCCc1nnc(NC(=O)C2CC23CCNCC3)s1. The molecule has 2 heterocycles. The summed E-state index contributed by atoms with van der Waals surface area (Å²) in [7, 11) is 1.38. The minimum Gasteiger partial charge on any atom is -0.469 e. The summed E-state index contributed by atoms with van der Waals surface area (Å²) in [4.78, 5) is 23.4. The molecule has 1 aliphatic heterocycles. The van der Waals surface area contributed by atoms with Crippen LogP contribution in [0.15, 0.2) is 0 Å². The number of methoxy groups -OCH3 is 1. The molecule has 1 amide bonds. The summed E-state index contributed by atoms with van der Waals surface area (Å²) < 4.78 is 4.60. The Kier molecular flexibility index (Phi) is 4.91. The van der Waals surface area contributed by atoms with Gasteiger partial charge in [0.1, 0.15) is 5.01 Å². The van der Waals surface area contributed by atoms with E-state index in [1.165, 1.54) is 18.4 Å². The fourth-order valence-corrected chi connectivity index (χ4v) is 4.06. The quantitative estimate of drug-likeness (QED) is 0.761. The summed E-state index contributed by atoms with van der Waals surface area (Å²) in [5.74, 6) is -0.0236. The Bertz CT molecular complexity index is 583. The number of esters is 1. The molecule has 1 atom stereocenters. The Morgan fingerprint density at radius 1 is 1.39 bits per heavy atom. The number of ether oxygens (including phenoxy) is 1. The van der Waals surface area contributed by atoms with Gasteiger partial charge in [0, 0.05) is 18.8 Å². The number of amides is 1. The second-order valence-electron chi connectivity index (χ2n) is 6.29. The number of carbonyl (C=O) groups excluding carboxylic acids is 2. The van der Waals surface area contributed by atoms with Crippen molar-refractivity contribution in [1.82, 2.24) is 15.5 Å². The average Bonchev–Trinajstić information content (AvgIpc) is 3.06. The van der Waals surface area contributed by atoms with E-state index in [1.54, 1.807) is 0 Å². The average molecular weight is 338 g/mol.